The van der Waals surface area contributed by atoms with E-state index in [-0.39, 0.29) is 0 Å². The lowest BCUT2D eigenvalue weighted by molar-refractivity contribution is 0.463. The third kappa shape index (κ3) is 2.82. The molecular formula is C12H22N4O2S. The average molecular weight is 286 g/mol. The molecule has 1 aromatic rings. The number of H-pyrrole nitrogens is 1. The van der Waals surface area contributed by atoms with Crippen molar-refractivity contribution in [1.82, 2.24) is 19.8 Å². The van der Waals surface area contributed by atoms with Crippen LogP contribution in [0.15, 0.2) is 4.90 Å². The minimum absolute atomic E-state index is 0.350. The predicted octanol–water partition coefficient (Wildman–Crippen LogP) is 0.858. The van der Waals surface area contributed by atoms with E-state index in [1.54, 1.807) is 11.2 Å². The van der Waals surface area contributed by atoms with Gasteiger partial charge in [-0.1, -0.05) is 13.8 Å². The van der Waals surface area contributed by atoms with Crippen molar-refractivity contribution in [3.05, 3.63) is 11.4 Å². The van der Waals surface area contributed by atoms with E-state index in [4.69, 9.17) is 0 Å². The van der Waals surface area contributed by atoms with E-state index in [9.17, 15) is 8.42 Å². The fourth-order valence-corrected chi connectivity index (χ4v) is 4.32. The molecule has 19 heavy (non-hydrogen) atoms. The molecule has 2 heterocycles. The molecule has 1 aromatic heterocycles. The highest BCUT2D eigenvalue weighted by molar-refractivity contribution is 7.89. The zero-order valence-corrected chi connectivity index (χ0v) is 12.5. The number of hydrogen-bond donors (Lipinski definition) is 2. The topological polar surface area (TPSA) is 78.1 Å². The fraction of sp³-hybridized carbons (Fsp3) is 0.750. The summed E-state index contributed by atoms with van der Waals surface area (Å²) < 4.78 is 26.9. The Hall–Kier alpha value is -0.920. The second kappa shape index (κ2) is 5.60. The van der Waals surface area contributed by atoms with Gasteiger partial charge in [-0.05, 0) is 25.8 Å². The van der Waals surface area contributed by atoms with E-state index < -0.39 is 10.0 Å². The summed E-state index contributed by atoms with van der Waals surface area (Å²) in [5, 5.41) is 10.0. The van der Waals surface area contributed by atoms with Crippen LogP contribution in [0.2, 0.25) is 0 Å². The van der Waals surface area contributed by atoms with Gasteiger partial charge in [-0.3, -0.25) is 5.10 Å². The molecule has 0 radical (unpaired) electrons. The van der Waals surface area contributed by atoms with E-state index in [1.807, 2.05) is 6.92 Å². The van der Waals surface area contributed by atoms with Gasteiger partial charge in [0, 0.05) is 19.6 Å². The first-order valence-corrected chi connectivity index (χ1v) is 8.15. The highest BCUT2D eigenvalue weighted by Crippen LogP contribution is 2.27. The Morgan fingerprint density at radius 3 is 2.84 bits per heavy atom. The number of aromatic nitrogens is 2. The van der Waals surface area contributed by atoms with Crippen molar-refractivity contribution in [3.8, 4) is 0 Å². The number of rotatable bonds is 5. The zero-order chi connectivity index (χ0) is 14.0. The van der Waals surface area contributed by atoms with Gasteiger partial charge in [0.2, 0.25) is 10.0 Å². The molecule has 7 heteroatoms. The van der Waals surface area contributed by atoms with Crippen LogP contribution in [0.3, 0.4) is 0 Å². The molecule has 1 saturated heterocycles. The third-order valence-electron chi connectivity index (χ3n) is 3.49. The number of nitrogens with one attached hydrogen (secondary N) is 2. The standard InChI is InChI=1S/C12H22N4O2S/c1-4-13-7-11-12(10(3)14-15-11)19(17,18)16-6-5-9(2)8-16/h9,13H,4-8H2,1-3H3,(H,14,15). The van der Waals surface area contributed by atoms with Crippen LogP contribution >= 0.6 is 0 Å². The third-order valence-corrected chi connectivity index (χ3v) is 5.56. The maximum atomic E-state index is 12.7. The second-order valence-corrected chi connectivity index (χ2v) is 7.04. The average Bonchev–Trinajstić information content (AvgIpc) is 2.93. The van der Waals surface area contributed by atoms with E-state index in [0.717, 1.165) is 13.0 Å². The first kappa shape index (κ1) is 14.5. The van der Waals surface area contributed by atoms with Gasteiger partial charge in [0.1, 0.15) is 4.90 Å². The van der Waals surface area contributed by atoms with Crippen LogP contribution in [-0.4, -0.2) is 42.6 Å². The minimum Gasteiger partial charge on any atom is -0.311 e. The summed E-state index contributed by atoms with van der Waals surface area (Å²) in [4.78, 5) is 0.350. The van der Waals surface area contributed by atoms with Crippen LogP contribution in [0.25, 0.3) is 0 Å². The monoisotopic (exact) mass is 286 g/mol. The van der Waals surface area contributed by atoms with Crippen LogP contribution in [0.4, 0.5) is 0 Å². The van der Waals surface area contributed by atoms with Gasteiger partial charge in [-0.15, -0.1) is 0 Å². The van der Waals surface area contributed by atoms with Crippen molar-refractivity contribution in [2.45, 2.75) is 38.6 Å². The number of aryl methyl sites for hydroxylation is 1. The van der Waals surface area contributed by atoms with Gasteiger partial charge < -0.3 is 5.32 Å². The van der Waals surface area contributed by atoms with Crippen molar-refractivity contribution in [1.29, 1.82) is 0 Å². The molecule has 0 amide bonds. The Bertz CT molecular complexity index is 538. The first-order chi connectivity index (χ1) is 8.96. The molecule has 1 unspecified atom stereocenters. The summed E-state index contributed by atoms with van der Waals surface area (Å²) in [5.41, 5.74) is 1.20. The molecule has 0 bridgehead atoms. The van der Waals surface area contributed by atoms with Crippen LogP contribution in [0.5, 0.6) is 0 Å². The van der Waals surface area contributed by atoms with Crippen molar-refractivity contribution in [2.75, 3.05) is 19.6 Å². The molecule has 108 valence electrons. The van der Waals surface area contributed by atoms with Crippen LogP contribution in [-0.2, 0) is 16.6 Å². The van der Waals surface area contributed by atoms with Crippen molar-refractivity contribution in [2.24, 2.45) is 5.92 Å². The molecular weight excluding hydrogens is 264 g/mol. The molecule has 0 saturated carbocycles. The summed E-state index contributed by atoms with van der Waals surface area (Å²) in [5.74, 6) is 0.430. The highest BCUT2D eigenvalue weighted by atomic mass is 32.2. The second-order valence-electron chi connectivity index (χ2n) is 5.16. The maximum absolute atomic E-state index is 12.7. The molecule has 2 N–H and O–H groups in total. The largest absolute Gasteiger partial charge is 0.311 e. The van der Waals surface area contributed by atoms with Crippen LogP contribution < -0.4 is 5.32 Å². The Kier molecular flexibility index (Phi) is 4.27. The molecule has 0 spiro atoms. The van der Waals surface area contributed by atoms with Gasteiger partial charge >= 0.3 is 0 Å². The Morgan fingerprint density at radius 1 is 1.53 bits per heavy atom. The molecule has 0 aliphatic carbocycles. The fourth-order valence-electron chi connectivity index (χ4n) is 2.42. The molecule has 0 aromatic carbocycles. The lowest BCUT2D eigenvalue weighted by atomic mass is 10.2. The molecule has 1 fully saturated rings. The van der Waals surface area contributed by atoms with E-state index in [2.05, 4.69) is 22.4 Å². The Morgan fingerprint density at radius 2 is 2.26 bits per heavy atom. The lowest BCUT2D eigenvalue weighted by Crippen LogP contribution is -2.30. The molecule has 2 rings (SSSR count). The predicted molar refractivity (Wildman–Crippen MR) is 73.2 cm³/mol. The van der Waals surface area contributed by atoms with Gasteiger partial charge in [0.15, 0.2) is 0 Å². The van der Waals surface area contributed by atoms with E-state index in [0.29, 0.717) is 41.8 Å². The Balaban J connectivity index is 2.32. The van der Waals surface area contributed by atoms with Gasteiger partial charge in [0.05, 0.1) is 11.4 Å². The molecule has 6 nitrogen and oxygen atoms in total. The number of hydrogen-bond acceptors (Lipinski definition) is 4. The Labute approximate surface area is 114 Å². The normalized spacial score (nSPS) is 21.1. The summed E-state index contributed by atoms with van der Waals surface area (Å²) in [6.07, 6.45) is 0.929. The zero-order valence-electron chi connectivity index (χ0n) is 11.7. The number of aromatic amines is 1. The van der Waals surface area contributed by atoms with E-state index in [1.165, 1.54) is 0 Å². The maximum Gasteiger partial charge on any atom is 0.246 e. The molecule has 1 atom stereocenters. The van der Waals surface area contributed by atoms with Crippen LogP contribution in [0.1, 0.15) is 31.7 Å². The van der Waals surface area contributed by atoms with Crippen molar-refractivity contribution >= 4 is 10.0 Å². The quantitative estimate of drug-likeness (QED) is 0.841. The van der Waals surface area contributed by atoms with Gasteiger partial charge in [-0.2, -0.15) is 9.40 Å². The summed E-state index contributed by atoms with van der Waals surface area (Å²) >= 11 is 0. The smallest absolute Gasteiger partial charge is 0.246 e. The van der Waals surface area contributed by atoms with Crippen molar-refractivity contribution in [3.63, 3.8) is 0 Å². The van der Waals surface area contributed by atoms with Gasteiger partial charge in [-0.25, -0.2) is 8.42 Å². The SMILES string of the molecule is CCNCc1n[nH]c(C)c1S(=O)(=O)N1CCC(C)C1. The first-order valence-electron chi connectivity index (χ1n) is 6.71. The van der Waals surface area contributed by atoms with Crippen LogP contribution in [0, 0.1) is 12.8 Å². The molecule has 1 aliphatic heterocycles. The summed E-state index contributed by atoms with van der Waals surface area (Å²) in [6.45, 7) is 8.29. The number of sulfonamides is 1. The van der Waals surface area contributed by atoms with Gasteiger partial charge in [0.25, 0.3) is 0 Å². The lowest BCUT2D eigenvalue weighted by Gasteiger charge is -2.16. The molecule has 1 aliphatic rings. The minimum atomic E-state index is -3.42. The summed E-state index contributed by atoms with van der Waals surface area (Å²) in [7, 11) is -3.42. The van der Waals surface area contributed by atoms with Crippen molar-refractivity contribution < 1.29 is 8.42 Å². The highest BCUT2D eigenvalue weighted by Gasteiger charge is 2.34. The number of nitrogens with zero attached hydrogens (tertiary/aromatic N) is 2. The summed E-state index contributed by atoms with van der Waals surface area (Å²) in [6, 6.07) is 0. The van der Waals surface area contributed by atoms with E-state index >= 15 is 0 Å².